The molecule has 0 bridgehead atoms. The van der Waals surface area contributed by atoms with Gasteiger partial charge >= 0.3 is 0 Å². The largest absolute Gasteiger partial charge is 0.377 e. The van der Waals surface area contributed by atoms with Crippen LogP contribution in [0.3, 0.4) is 0 Å². The Morgan fingerprint density at radius 3 is 2.77 bits per heavy atom. The van der Waals surface area contributed by atoms with Gasteiger partial charge in [-0.3, -0.25) is 4.79 Å². The molecular formula is C20H26O2. The molecule has 5 atom stereocenters. The van der Waals surface area contributed by atoms with E-state index in [1.807, 2.05) is 0 Å². The number of rotatable bonds is 0. The van der Waals surface area contributed by atoms with Crippen LogP contribution in [0.2, 0.25) is 0 Å². The number of Topliss-reactive ketones (excluding diaryl/α,β-unsaturated/α-hetero) is 1. The SMILES string of the molecule is C#C[C@]1(O)CC[C@@H]2[C@H]3CCC4=C(CCC(=O)C4)[C@@H]3CC[C@]21C. The van der Waals surface area contributed by atoms with Crippen LogP contribution in [0.1, 0.15) is 64.7 Å². The maximum absolute atomic E-state index is 11.7. The van der Waals surface area contributed by atoms with E-state index in [9.17, 15) is 9.90 Å². The third-order valence-corrected chi connectivity index (χ3v) is 7.59. The summed E-state index contributed by atoms with van der Waals surface area (Å²) in [4.78, 5) is 11.7. The van der Waals surface area contributed by atoms with E-state index in [1.54, 1.807) is 5.57 Å². The Labute approximate surface area is 133 Å². The fraction of sp³-hybridized carbons (Fsp3) is 0.750. The predicted octanol–water partition coefficient (Wildman–Crippen LogP) is 3.64. The van der Waals surface area contributed by atoms with Crippen LogP contribution >= 0.6 is 0 Å². The number of hydrogen-bond donors (Lipinski definition) is 1. The van der Waals surface area contributed by atoms with E-state index in [0.717, 1.165) is 51.4 Å². The van der Waals surface area contributed by atoms with Crippen molar-refractivity contribution in [3.63, 3.8) is 0 Å². The number of allylic oxidation sites excluding steroid dienone is 2. The van der Waals surface area contributed by atoms with Gasteiger partial charge in [-0.1, -0.05) is 24.0 Å². The summed E-state index contributed by atoms with van der Waals surface area (Å²) < 4.78 is 0. The zero-order valence-corrected chi connectivity index (χ0v) is 13.5. The van der Waals surface area contributed by atoms with Gasteiger partial charge in [-0.25, -0.2) is 0 Å². The zero-order chi connectivity index (χ0) is 15.5. The lowest BCUT2D eigenvalue weighted by molar-refractivity contribution is -0.119. The second-order valence-electron chi connectivity index (χ2n) is 8.26. The number of ketones is 1. The van der Waals surface area contributed by atoms with E-state index in [0.29, 0.717) is 23.5 Å². The van der Waals surface area contributed by atoms with Crippen molar-refractivity contribution in [2.45, 2.75) is 70.3 Å². The molecule has 0 heterocycles. The van der Waals surface area contributed by atoms with Gasteiger partial charge < -0.3 is 5.11 Å². The van der Waals surface area contributed by atoms with E-state index in [4.69, 9.17) is 6.42 Å². The first-order valence-electron chi connectivity index (χ1n) is 8.91. The molecule has 0 aromatic carbocycles. The molecule has 2 fully saturated rings. The molecule has 118 valence electrons. The van der Waals surface area contributed by atoms with Crippen LogP contribution in [-0.4, -0.2) is 16.5 Å². The smallest absolute Gasteiger partial charge is 0.137 e. The molecule has 0 unspecified atom stereocenters. The second kappa shape index (κ2) is 4.71. The van der Waals surface area contributed by atoms with Crippen LogP contribution < -0.4 is 0 Å². The summed E-state index contributed by atoms with van der Waals surface area (Å²) in [5, 5.41) is 10.9. The highest BCUT2D eigenvalue weighted by molar-refractivity contribution is 5.82. The Bertz CT molecular complexity index is 595. The van der Waals surface area contributed by atoms with E-state index >= 15 is 0 Å². The molecule has 0 saturated heterocycles. The summed E-state index contributed by atoms with van der Waals surface area (Å²) in [5.74, 6) is 5.06. The Balaban J connectivity index is 1.67. The maximum atomic E-state index is 11.7. The van der Waals surface area contributed by atoms with Crippen LogP contribution in [0.4, 0.5) is 0 Å². The molecule has 0 aromatic rings. The van der Waals surface area contributed by atoms with Gasteiger partial charge in [-0.05, 0) is 62.7 Å². The third kappa shape index (κ3) is 1.75. The van der Waals surface area contributed by atoms with Gasteiger partial charge in [-0.2, -0.15) is 0 Å². The fourth-order valence-corrected chi connectivity index (χ4v) is 6.30. The molecule has 2 heteroatoms. The van der Waals surface area contributed by atoms with E-state index in [1.165, 1.54) is 12.0 Å². The molecule has 4 aliphatic carbocycles. The molecule has 0 aliphatic heterocycles. The Hall–Kier alpha value is -1.07. The fourth-order valence-electron chi connectivity index (χ4n) is 6.30. The van der Waals surface area contributed by atoms with Gasteiger partial charge in [-0.15, -0.1) is 6.42 Å². The van der Waals surface area contributed by atoms with Gasteiger partial charge in [0.05, 0.1) is 0 Å². The minimum absolute atomic E-state index is 0.106. The number of carbonyl (C=O) groups excluding carboxylic acids is 1. The van der Waals surface area contributed by atoms with E-state index in [2.05, 4.69) is 12.8 Å². The summed E-state index contributed by atoms with van der Waals surface area (Å²) in [6.07, 6.45) is 14.5. The Morgan fingerprint density at radius 2 is 2.00 bits per heavy atom. The summed E-state index contributed by atoms with van der Waals surface area (Å²) in [7, 11) is 0. The zero-order valence-electron chi connectivity index (χ0n) is 13.5. The van der Waals surface area contributed by atoms with Crippen LogP contribution in [0.15, 0.2) is 11.1 Å². The molecule has 4 rings (SSSR count). The molecule has 1 N–H and O–H groups in total. The third-order valence-electron chi connectivity index (χ3n) is 7.59. The van der Waals surface area contributed by atoms with Crippen LogP contribution in [0, 0.1) is 35.5 Å². The van der Waals surface area contributed by atoms with Gasteiger partial charge in [0.2, 0.25) is 0 Å². The van der Waals surface area contributed by atoms with Crippen LogP contribution in [0.5, 0.6) is 0 Å². The minimum atomic E-state index is -0.903. The molecule has 22 heavy (non-hydrogen) atoms. The normalized spacial score (nSPS) is 47.5. The van der Waals surface area contributed by atoms with Crippen LogP contribution in [0.25, 0.3) is 0 Å². The number of carbonyl (C=O) groups is 1. The van der Waals surface area contributed by atoms with Crippen molar-refractivity contribution in [2.24, 2.45) is 23.2 Å². The minimum Gasteiger partial charge on any atom is -0.377 e. The van der Waals surface area contributed by atoms with Crippen molar-refractivity contribution in [3.8, 4) is 12.3 Å². The lowest BCUT2D eigenvalue weighted by Gasteiger charge is -2.53. The molecule has 0 radical (unpaired) electrons. The maximum Gasteiger partial charge on any atom is 0.137 e. The molecule has 4 aliphatic rings. The standard InChI is InChI=1S/C20H26O2/c1-3-20(22)11-9-18-17-6-4-13-12-14(21)5-7-15(13)16(17)8-10-19(18,20)2/h1,16-18,22H,4-12H2,2H3/t16-,17-,18+,19+,20-/m0/s1. The monoisotopic (exact) mass is 298 g/mol. The van der Waals surface area contributed by atoms with Gasteiger partial charge in [0.1, 0.15) is 11.4 Å². The predicted molar refractivity (Wildman–Crippen MR) is 85.9 cm³/mol. The number of terminal acetylenes is 1. The molecule has 0 spiro atoms. The summed E-state index contributed by atoms with van der Waals surface area (Å²) in [6, 6.07) is 0. The molecule has 0 amide bonds. The average molecular weight is 298 g/mol. The van der Waals surface area contributed by atoms with Crippen molar-refractivity contribution in [1.82, 2.24) is 0 Å². The molecule has 0 aromatic heterocycles. The van der Waals surface area contributed by atoms with Gasteiger partial charge in [0.25, 0.3) is 0 Å². The van der Waals surface area contributed by atoms with Crippen molar-refractivity contribution in [1.29, 1.82) is 0 Å². The lowest BCUT2D eigenvalue weighted by atomic mass is 9.52. The topological polar surface area (TPSA) is 37.3 Å². The first kappa shape index (κ1) is 14.5. The second-order valence-corrected chi connectivity index (χ2v) is 8.26. The summed E-state index contributed by atoms with van der Waals surface area (Å²) in [5.41, 5.74) is 2.08. The molecule has 2 saturated carbocycles. The van der Waals surface area contributed by atoms with Crippen molar-refractivity contribution >= 4 is 5.78 Å². The highest BCUT2D eigenvalue weighted by Gasteiger charge is 2.61. The van der Waals surface area contributed by atoms with Crippen molar-refractivity contribution < 1.29 is 9.90 Å². The highest BCUT2D eigenvalue weighted by Crippen LogP contribution is 2.64. The summed E-state index contributed by atoms with van der Waals surface area (Å²) in [6.45, 7) is 2.23. The first-order chi connectivity index (χ1) is 10.5. The molecular weight excluding hydrogens is 272 g/mol. The number of aliphatic hydroxyl groups is 1. The van der Waals surface area contributed by atoms with Gasteiger partial charge in [0, 0.05) is 18.3 Å². The quantitative estimate of drug-likeness (QED) is 0.547. The Kier molecular flexibility index (Phi) is 3.11. The van der Waals surface area contributed by atoms with E-state index < -0.39 is 5.60 Å². The number of hydrogen-bond acceptors (Lipinski definition) is 2. The van der Waals surface area contributed by atoms with Crippen molar-refractivity contribution in [2.75, 3.05) is 0 Å². The van der Waals surface area contributed by atoms with Crippen molar-refractivity contribution in [3.05, 3.63) is 11.1 Å². The van der Waals surface area contributed by atoms with Gasteiger partial charge in [0.15, 0.2) is 0 Å². The first-order valence-corrected chi connectivity index (χ1v) is 8.91. The highest BCUT2D eigenvalue weighted by atomic mass is 16.3. The average Bonchev–Trinajstić information content (AvgIpc) is 2.79. The number of fused-ring (bicyclic) bond motifs is 4. The lowest BCUT2D eigenvalue weighted by Crippen LogP contribution is -2.50. The summed E-state index contributed by atoms with van der Waals surface area (Å²) >= 11 is 0. The van der Waals surface area contributed by atoms with Crippen LogP contribution in [-0.2, 0) is 4.79 Å². The molecule has 2 nitrogen and oxygen atoms in total. The Morgan fingerprint density at radius 1 is 1.18 bits per heavy atom. The van der Waals surface area contributed by atoms with E-state index in [-0.39, 0.29) is 5.41 Å².